The Hall–Kier alpha value is -1.40. The summed E-state index contributed by atoms with van der Waals surface area (Å²) in [5.41, 5.74) is 3.00. The number of carbonyl (C=O) groups is 2. The third kappa shape index (κ3) is 2.78. The predicted molar refractivity (Wildman–Crippen MR) is 93.2 cm³/mol. The summed E-state index contributed by atoms with van der Waals surface area (Å²) in [7, 11) is 1.38. The van der Waals surface area contributed by atoms with E-state index in [4.69, 9.17) is 4.74 Å². The number of Topliss-reactive ketones (excluding diaryl/α,β-unsaturated/α-hetero) is 1. The van der Waals surface area contributed by atoms with E-state index in [0.717, 1.165) is 44.0 Å². The van der Waals surface area contributed by atoms with E-state index in [9.17, 15) is 9.59 Å². The zero-order valence-corrected chi connectivity index (χ0v) is 15.7. The molecule has 1 aromatic rings. The number of esters is 1. The highest BCUT2D eigenvalue weighted by molar-refractivity contribution is 9.10. The molecule has 0 aromatic carbocycles. The Morgan fingerprint density at radius 3 is 2.74 bits per heavy atom. The highest BCUT2D eigenvalue weighted by atomic mass is 79.9. The van der Waals surface area contributed by atoms with Crippen LogP contribution in [0.25, 0.3) is 0 Å². The number of allylic oxidation sites excluding steroid dienone is 3. The minimum absolute atomic E-state index is 0.125. The summed E-state index contributed by atoms with van der Waals surface area (Å²) in [6.07, 6.45) is 2.23. The van der Waals surface area contributed by atoms with Crippen molar-refractivity contribution in [1.82, 2.24) is 5.32 Å². The number of ketones is 1. The van der Waals surface area contributed by atoms with Gasteiger partial charge in [0.2, 0.25) is 0 Å². The molecule has 2 heterocycles. The summed E-state index contributed by atoms with van der Waals surface area (Å²) < 4.78 is 5.99. The van der Waals surface area contributed by atoms with Crippen molar-refractivity contribution in [2.45, 2.75) is 39.0 Å². The third-order valence-electron chi connectivity index (χ3n) is 4.34. The molecule has 6 heteroatoms. The Bertz CT molecular complexity index is 740. The normalized spacial score (nSPS) is 21.2. The first-order valence-electron chi connectivity index (χ1n) is 7.52. The van der Waals surface area contributed by atoms with Gasteiger partial charge in [-0.3, -0.25) is 4.79 Å². The minimum atomic E-state index is -0.382. The molecule has 0 fully saturated rings. The minimum Gasteiger partial charge on any atom is -0.466 e. The van der Waals surface area contributed by atoms with E-state index in [-0.39, 0.29) is 17.7 Å². The van der Waals surface area contributed by atoms with E-state index >= 15 is 0 Å². The van der Waals surface area contributed by atoms with Crippen molar-refractivity contribution in [2.24, 2.45) is 0 Å². The lowest BCUT2D eigenvalue weighted by Crippen LogP contribution is -2.33. The summed E-state index contributed by atoms with van der Waals surface area (Å²) in [5, 5.41) is 3.27. The van der Waals surface area contributed by atoms with Gasteiger partial charge in [0.1, 0.15) is 0 Å². The Morgan fingerprint density at radius 1 is 1.39 bits per heavy atom. The van der Waals surface area contributed by atoms with Crippen LogP contribution in [0.4, 0.5) is 0 Å². The molecule has 1 aliphatic carbocycles. The third-order valence-corrected chi connectivity index (χ3v) is 6.54. The zero-order chi connectivity index (χ0) is 16.7. The van der Waals surface area contributed by atoms with Crippen molar-refractivity contribution < 1.29 is 14.3 Å². The van der Waals surface area contributed by atoms with Crippen molar-refractivity contribution in [3.63, 3.8) is 0 Å². The van der Waals surface area contributed by atoms with Gasteiger partial charge < -0.3 is 10.1 Å². The van der Waals surface area contributed by atoms with E-state index in [2.05, 4.69) is 21.2 Å². The maximum absolute atomic E-state index is 12.6. The number of ether oxygens (including phenoxy) is 1. The summed E-state index contributed by atoms with van der Waals surface area (Å²) in [4.78, 5) is 27.1. The Labute approximate surface area is 147 Å². The molecule has 0 saturated carbocycles. The predicted octanol–water partition coefficient (Wildman–Crippen LogP) is 3.96. The first kappa shape index (κ1) is 16.5. The number of halogens is 1. The smallest absolute Gasteiger partial charge is 0.336 e. The maximum atomic E-state index is 12.6. The molecule has 1 aromatic heterocycles. The van der Waals surface area contributed by atoms with Gasteiger partial charge in [-0.2, -0.15) is 0 Å². The van der Waals surface area contributed by atoms with Gasteiger partial charge in [-0.05, 0) is 48.7 Å². The molecule has 0 saturated heterocycles. The number of methoxy groups -OCH3 is 1. The molecule has 23 heavy (non-hydrogen) atoms. The number of thiophene rings is 1. The van der Waals surface area contributed by atoms with Crippen LogP contribution in [0.3, 0.4) is 0 Å². The van der Waals surface area contributed by atoms with Crippen LogP contribution in [0, 0.1) is 6.92 Å². The number of carbonyl (C=O) groups excluding carboxylic acids is 2. The zero-order valence-electron chi connectivity index (χ0n) is 13.3. The molecule has 122 valence electrons. The summed E-state index contributed by atoms with van der Waals surface area (Å²) in [5.74, 6) is -0.589. The second kappa shape index (κ2) is 6.24. The Balaban J connectivity index is 2.20. The summed E-state index contributed by atoms with van der Waals surface area (Å²) in [6.45, 7) is 3.89. The topological polar surface area (TPSA) is 55.4 Å². The van der Waals surface area contributed by atoms with Gasteiger partial charge in [-0.25, -0.2) is 4.79 Å². The highest BCUT2D eigenvalue weighted by Crippen LogP contribution is 2.45. The van der Waals surface area contributed by atoms with E-state index in [1.165, 1.54) is 7.11 Å². The van der Waals surface area contributed by atoms with Crippen LogP contribution >= 0.6 is 27.3 Å². The Kier molecular flexibility index (Phi) is 4.47. The largest absolute Gasteiger partial charge is 0.466 e. The molecule has 1 N–H and O–H groups in total. The van der Waals surface area contributed by atoms with Gasteiger partial charge in [-0.15, -0.1) is 11.3 Å². The number of nitrogens with one attached hydrogen (secondary N) is 1. The fourth-order valence-corrected chi connectivity index (χ4v) is 4.95. The fraction of sp³-hybridized carbons (Fsp3) is 0.412. The van der Waals surface area contributed by atoms with Crippen molar-refractivity contribution in [3.05, 3.63) is 42.8 Å². The molecule has 2 aliphatic rings. The molecular weight excluding hydrogens is 378 g/mol. The molecule has 0 radical (unpaired) electrons. The molecule has 1 unspecified atom stereocenters. The average molecular weight is 396 g/mol. The average Bonchev–Trinajstić information content (AvgIpc) is 2.84. The van der Waals surface area contributed by atoms with Gasteiger partial charge in [0.25, 0.3) is 0 Å². The lowest BCUT2D eigenvalue weighted by Gasteiger charge is -2.33. The van der Waals surface area contributed by atoms with Crippen LogP contribution < -0.4 is 5.32 Å². The van der Waals surface area contributed by atoms with Gasteiger partial charge in [-0.1, -0.05) is 0 Å². The standard InChI is InChI=1S/C17H18BrNO3S/c1-8-14(17(21)22-3)16(13-7-10(18)9(2)23-13)15-11(19-8)5-4-6-12(15)20/h7,16,19H,4-6H2,1-3H3. The molecule has 4 nitrogen and oxygen atoms in total. The van der Waals surface area contributed by atoms with Crippen LogP contribution in [-0.4, -0.2) is 18.9 Å². The molecular formula is C17H18BrNO3S. The molecule has 1 aliphatic heterocycles. The Morgan fingerprint density at radius 2 is 2.13 bits per heavy atom. The van der Waals surface area contributed by atoms with E-state index < -0.39 is 0 Å². The van der Waals surface area contributed by atoms with E-state index in [0.29, 0.717) is 12.0 Å². The second-order valence-corrected chi connectivity index (χ2v) is 7.95. The van der Waals surface area contributed by atoms with Crippen LogP contribution in [0.5, 0.6) is 0 Å². The number of rotatable bonds is 2. The quantitative estimate of drug-likeness (QED) is 0.769. The lowest BCUT2D eigenvalue weighted by molar-refractivity contribution is -0.136. The molecule has 0 amide bonds. The van der Waals surface area contributed by atoms with Crippen molar-refractivity contribution in [3.8, 4) is 0 Å². The van der Waals surface area contributed by atoms with Crippen LogP contribution in [-0.2, 0) is 14.3 Å². The molecule has 3 rings (SSSR count). The monoisotopic (exact) mass is 395 g/mol. The molecule has 0 bridgehead atoms. The maximum Gasteiger partial charge on any atom is 0.336 e. The van der Waals surface area contributed by atoms with Crippen LogP contribution in [0.2, 0.25) is 0 Å². The number of hydrogen-bond donors (Lipinski definition) is 1. The van der Waals surface area contributed by atoms with Crippen LogP contribution in [0.15, 0.2) is 33.1 Å². The van der Waals surface area contributed by atoms with E-state index in [1.807, 2.05) is 19.9 Å². The highest BCUT2D eigenvalue weighted by Gasteiger charge is 2.39. The van der Waals surface area contributed by atoms with Crippen LogP contribution in [0.1, 0.15) is 41.9 Å². The SMILES string of the molecule is COC(=O)C1=C(C)NC2=C(C(=O)CCC2)C1c1cc(Br)c(C)s1. The summed E-state index contributed by atoms with van der Waals surface area (Å²) >= 11 is 5.15. The first-order chi connectivity index (χ1) is 10.9. The number of hydrogen-bond acceptors (Lipinski definition) is 5. The van der Waals surface area contributed by atoms with Crippen molar-refractivity contribution in [1.29, 1.82) is 0 Å². The first-order valence-corrected chi connectivity index (χ1v) is 9.13. The van der Waals surface area contributed by atoms with Gasteiger partial charge >= 0.3 is 5.97 Å². The van der Waals surface area contributed by atoms with Gasteiger partial charge in [0.05, 0.1) is 18.6 Å². The number of aryl methyl sites for hydroxylation is 1. The van der Waals surface area contributed by atoms with Gasteiger partial charge in [0.15, 0.2) is 5.78 Å². The fourth-order valence-electron chi connectivity index (χ4n) is 3.27. The lowest BCUT2D eigenvalue weighted by atomic mass is 9.78. The van der Waals surface area contributed by atoms with E-state index in [1.54, 1.807) is 11.3 Å². The van der Waals surface area contributed by atoms with Crippen molar-refractivity contribution >= 4 is 39.0 Å². The molecule has 0 spiro atoms. The molecule has 1 atom stereocenters. The summed E-state index contributed by atoms with van der Waals surface area (Å²) in [6, 6.07) is 2.01. The van der Waals surface area contributed by atoms with Crippen molar-refractivity contribution in [2.75, 3.05) is 7.11 Å². The van der Waals surface area contributed by atoms with Gasteiger partial charge in [0, 0.05) is 37.6 Å². The second-order valence-electron chi connectivity index (χ2n) is 5.81. The number of dihydropyridines is 1.